The predicted octanol–water partition coefficient (Wildman–Crippen LogP) is 4.42. The molecule has 3 aromatic rings. The number of piperidine rings is 1. The number of nitrogens with zero attached hydrogens (tertiary/aromatic N) is 7. The third kappa shape index (κ3) is 6.01. The number of hydrogen-bond donors (Lipinski definition) is 2. The van der Waals surface area contributed by atoms with Crippen LogP contribution >= 0.6 is 0 Å². The molecule has 2 atom stereocenters. The number of alkyl halides is 3. The first kappa shape index (κ1) is 27.6. The molecule has 0 aliphatic carbocycles. The highest BCUT2D eigenvalue weighted by Crippen LogP contribution is 2.33. The van der Waals surface area contributed by atoms with Crippen molar-refractivity contribution in [3.8, 4) is 11.3 Å². The fourth-order valence-corrected chi connectivity index (χ4v) is 4.31. The summed E-state index contributed by atoms with van der Waals surface area (Å²) >= 11 is 0. The van der Waals surface area contributed by atoms with Crippen molar-refractivity contribution in [3.05, 3.63) is 29.8 Å². The van der Waals surface area contributed by atoms with Crippen LogP contribution < -0.4 is 11.1 Å². The van der Waals surface area contributed by atoms with Gasteiger partial charge in [0.2, 0.25) is 12.4 Å². The fraction of sp³-hybridized carbons (Fsp3) is 0.542. The highest BCUT2D eigenvalue weighted by atomic mass is 19.3. The van der Waals surface area contributed by atoms with E-state index in [1.54, 1.807) is 26.1 Å². The molecule has 0 spiro atoms. The molecule has 0 aromatic carbocycles. The van der Waals surface area contributed by atoms with E-state index in [4.69, 9.17) is 10.5 Å². The molecule has 2 unspecified atom stereocenters. The molecule has 0 saturated carbocycles. The van der Waals surface area contributed by atoms with E-state index < -0.39 is 24.5 Å². The maximum atomic E-state index is 14.9. The predicted molar refractivity (Wildman–Crippen MR) is 135 cm³/mol. The number of fused-ring (bicyclic) bond motifs is 1. The SMILES string of the molecule is CCC(F)F.CN=Nc1ccc(-c2c(F)cn3nc(NC4CCN(C5COC5)CC4F)nc(N)c23)nc1C. The van der Waals surface area contributed by atoms with Crippen molar-refractivity contribution >= 4 is 23.0 Å². The number of hydrogen-bond acceptors (Lipinski definition) is 9. The second-order valence-corrected chi connectivity index (χ2v) is 9.11. The molecule has 2 saturated heterocycles. The number of anilines is 2. The average Bonchev–Trinajstić information content (AvgIpc) is 3.17. The van der Waals surface area contributed by atoms with Crippen molar-refractivity contribution < 1.29 is 22.3 Å². The van der Waals surface area contributed by atoms with E-state index in [0.717, 1.165) is 6.54 Å². The number of nitrogens with one attached hydrogen (secondary N) is 1. The smallest absolute Gasteiger partial charge is 0.243 e. The van der Waals surface area contributed by atoms with Gasteiger partial charge in [0.05, 0.1) is 48.4 Å². The van der Waals surface area contributed by atoms with Crippen molar-refractivity contribution in [2.45, 2.75) is 51.4 Å². The van der Waals surface area contributed by atoms with Gasteiger partial charge >= 0.3 is 0 Å². The summed E-state index contributed by atoms with van der Waals surface area (Å²) in [5.41, 5.74) is 8.27. The Labute approximate surface area is 217 Å². The number of aryl methyl sites for hydroxylation is 1. The molecule has 0 amide bonds. The minimum Gasteiger partial charge on any atom is -0.382 e. The highest BCUT2D eigenvalue weighted by molar-refractivity contribution is 5.87. The molecule has 5 rings (SSSR count). The van der Waals surface area contributed by atoms with Gasteiger partial charge in [-0.25, -0.2) is 22.1 Å². The number of ether oxygens (including phenoxy) is 1. The first-order chi connectivity index (χ1) is 18.2. The molecule has 2 aliphatic heterocycles. The maximum absolute atomic E-state index is 14.9. The number of aromatic nitrogens is 4. The van der Waals surface area contributed by atoms with Crippen LogP contribution in [0.4, 0.5) is 35.0 Å². The molecule has 10 nitrogen and oxygen atoms in total. The van der Waals surface area contributed by atoms with Crippen LogP contribution in [-0.2, 0) is 4.74 Å². The normalized spacial score (nSPS) is 20.5. The maximum Gasteiger partial charge on any atom is 0.243 e. The van der Waals surface area contributed by atoms with Crippen LogP contribution in [0.25, 0.3) is 16.8 Å². The Morgan fingerprint density at radius 1 is 1.26 bits per heavy atom. The van der Waals surface area contributed by atoms with Gasteiger partial charge < -0.3 is 15.8 Å². The third-order valence-electron chi connectivity index (χ3n) is 6.47. The van der Waals surface area contributed by atoms with Gasteiger partial charge in [-0.1, -0.05) is 6.92 Å². The minimum atomic E-state index is -2.12. The van der Waals surface area contributed by atoms with Crippen LogP contribution in [0.1, 0.15) is 25.5 Å². The van der Waals surface area contributed by atoms with E-state index in [0.29, 0.717) is 54.8 Å². The lowest BCUT2D eigenvalue weighted by atomic mass is 10.0. The van der Waals surface area contributed by atoms with E-state index in [-0.39, 0.29) is 23.8 Å². The monoisotopic (exact) mass is 537 g/mol. The summed E-state index contributed by atoms with van der Waals surface area (Å²) in [5.74, 6) is -0.315. The largest absolute Gasteiger partial charge is 0.382 e. The Hall–Kier alpha value is -3.39. The fourth-order valence-electron chi connectivity index (χ4n) is 4.31. The number of nitrogens with two attached hydrogens (primary N) is 1. The highest BCUT2D eigenvalue weighted by Gasteiger charge is 2.35. The standard InChI is InChI=1S/C21H25F2N9O.C3H6F2/c1-11-15(29-25-2)3-4-17(26-11)18-14(23)8-32-19(18)20(24)28-21(30-32)27-16-5-6-31(7-13(16)22)12-9-33-10-12;1-2-3(4)5/h3-4,8,12-13,16H,5-7,9-10H2,1-2H3,(H3,24,27,28,30);3H,2H2,1H3. The van der Waals surface area contributed by atoms with Gasteiger partial charge in [0, 0.05) is 26.6 Å². The Balaban J connectivity index is 0.000000617. The van der Waals surface area contributed by atoms with Crippen LogP contribution in [0, 0.1) is 12.7 Å². The third-order valence-corrected chi connectivity index (χ3v) is 6.47. The van der Waals surface area contributed by atoms with Gasteiger partial charge in [0.15, 0.2) is 11.6 Å². The van der Waals surface area contributed by atoms with Crippen molar-refractivity contribution in [1.29, 1.82) is 0 Å². The number of rotatable bonds is 6. The molecule has 38 heavy (non-hydrogen) atoms. The Kier molecular flexibility index (Phi) is 8.72. The summed E-state index contributed by atoms with van der Waals surface area (Å²) in [6, 6.07) is 3.20. The van der Waals surface area contributed by atoms with Crippen LogP contribution in [-0.4, -0.2) is 82.5 Å². The Bertz CT molecular complexity index is 1280. The summed E-state index contributed by atoms with van der Waals surface area (Å²) in [6.07, 6.45) is -1.43. The summed E-state index contributed by atoms with van der Waals surface area (Å²) in [7, 11) is 1.57. The second-order valence-electron chi connectivity index (χ2n) is 9.11. The molecular formula is C24H31F4N9O. The van der Waals surface area contributed by atoms with E-state index in [1.807, 2.05) is 0 Å². The Morgan fingerprint density at radius 2 is 2.00 bits per heavy atom. The van der Waals surface area contributed by atoms with Gasteiger partial charge in [0.1, 0.15) is 17.4 Å². The zero-order valence-electron chi connectivity index (χ0n) is 21.4. The lowest BCUT2D eigenvalue weighted by Crippen LogP contribution is -2.57. The van der Waals surface area contributed by atoms with Gasteiger partial charge in [-0.3, -0.25) is 9.88 Å². The topological polar surface area (TPSA) is 118 Å². The molecule has 3 N–H and O–H groups in total. The quantitative estimate of drug-likeness (QED) is 0.353. The van der Waals surface area contributed by atoms with E-state index >= 15 is 0 Å². The average molecular weight is 538 g/mol. The van der Waals surface area contributed by atoms with Crippen molar-refractivity contribution in [2.24, 2.45) is 10.2 Å². The number of nitrogen functional groups attached to an aromatic ring is 1. The lowest BCUT2D eigenvalue weighted by Gasteiger charge is -2.42. The zero-order valence-corrected chi connectivity index (χ0v) is 21.4. The summed E-state index contributed by atoms with van der Waals surface area (Å²) in [6.45, 7) is 5.60. The first-order valence-corrected chi connectivity index (χ1v) is 12.3. The van der Waals surface area contributed by atoms with Gasteiger partial charge in [0.25, 0.3) is 0 Å². The minimum absolute atomic E-state index is 0.0278. The van der Waals surface area contributed by atoms with Crippen molar-refractivity contribution in [1.82, 2.24) is 24.5 Å². The summed E-state index contributed by atoms with van der Waals surface area (Å²) in [5, 5.41) is 15.1. The van der Waals surface area contributed by atoms with Crippen LogP contribution in [0.5, 0.6) is 0 Å². The van der Waals surface area contributed by atoms with Crippen LogP contribution in [0.3, 0.4) is 0 Å². The van der Waals surface area contributed by atoms with E-state index in [1.165, 1.54) is 17.6 Å². The molecule has 5 heterocycles. The van der Waals surface area contributed by atoms with E-state index in [2.05, 4.69) is 35.5 Å². The second kappa shape index (κ2) is 12.0. The van der Waals surface area contributed by atoms with E-state index in [9.17, 15) is 17.6 Å². The first-order valence-electron chi connectivity index (χ1n) is 12.3. The zero-order chi connectivity index (χ0) is 27.4. The Morgan fingerprint density at radius 3 is 2.58 bits per heavy atom. The number of pyridine rings is 1. The molecule has 2 aliphatic rings. The molecule has 206 valence electrons. The molecule has 14 heteroatoms. The van der Waals surface area contributed by atoms with Gasteiger partial charge in [-0.05, 0) is 25.5 Å². The molecule has 0 bridgehead atoms. The molecule has 2 fully saturated rings. The van der Waals surface area contributed by atoms with Crippen molar-refractivity contribution in [3.63, 3.8) is 0 Å². The molecular weight excluding hydrogens is 506 g/mol. The number of likely N-dealkylation sites (tertiary alicyclic amines) is 1. The molecule has 3 aromatic heterocycles. The number of halogens is 4. The van der Waals surface area contributed by atoms with Gasteiger partial charge in [-0.2, -0.15) is 15.2 Å². The summed E-state index contributed by atoms with van der Waals surface area (Å²) < 4.78 is 57.8. The van der Waals surface area contributed by atoms with Gasteiger partial charge in [-0.15, -0.1) is 5.10 Å². The molecule has 0 radical (unpaired) electrons. The van der Waals surface area contributed by atoms with Crippen LogP contribution in [0.2, 0.25) is 0 Å². The van der Waals surface area contributed by atoms with Crippen molar-refractivity contribution in [2.75, 3.05) is 44.4 Å². The summed E-state index contributed by atoms with van der Waals surface area (Å²) in [4.78, 5) is 10.8. The number of azo groups is 1. The van der Waals surface area contributed by atoms with Crippen LogP contribution in [0.15, 0.2) is 28.6 Å². The lowest BCUT2D eigenvalue weighted by molar-refractivity contribution is -0.0794.